The molecule has 0 fully saturated rings. The van der Waals surface area contributed by atoms with Gasteiger partial charge in [0.05, 0.1) is 0 Å². The maximum absolute atomic E-state index is 6.36. The Morgan fingerprint density at radius 3 is 1.93 bits per heavy atom. The second kappa shape index (κ2) is 8.08. The molecule has 40 heavy (non-hydrogen) atoms. The zero-order valence-electron chi connectivity index (χ0n) is 21.5. The summed E-state index contributed by atoms with van der Waals surface area (Å²) < 4.78 is 12.6. The topological polar surface area (TPSA) is 22.4 Å². The van der Waals surface area contributed by atoms with Gasteiger partial charge in [0.2, 0.25) is 0 Å². The van der Waals surface area contributed by atoms with Gasteiger partial charge in [-0.25, -0.2) is 0 Å². The number of ether oxygens (including phenoxy) is 1. The normalized spacial score (nSPS) is 12.2. The van der Waals surface area contributed by atoms with Crippen LogP contribution < -0.4 is 4.74 Å². The molecule has 7 aromatic carbocycles. The van der Waals surface area contributed by atoms with Crippen LogP contribution in [0.15, 0.2) is 138 Å². The van der Waals surface area contributed by atoms with Gasteiger partial charge in [0, 0.05) is 21.7 Å². The fraction of sp³-hybridized carbons (Fsp3) is 0. The fourth-order valence-electron chi connectivity index (χ4n) is 6.52. The van der Waals surface area contributed by atoms with Gasteiger partial charge in [-0.15, -0.1) is 0 Å². The molecular weight excluding hydrogens is 488 g/mol. The number of para-hydroxylation sites is 1. The van der Waals surface area contributed by atoms with Gasteiger partial charge in [0.15, 0.2) is 0 Å². The predicted molar refractivity (Wildman–Crippen MR) is 165 cm³/mol. The van der Waals surface area contributed by atoms with Crippen LogP contribution in [0.3, 0.4) is 0 Å². The average Bonchev–Trinajstić information content (AvgIpc) is 3.40. The number of benzene rings is 7. The Balaban J connectivity index is 1.27. The molecule has 8 aromatic rings. The summed E-state index contributed by atoms with van der Waals surface area (Å²) in [6, 6.07) is 47.2. The molecule has 0 aliphatic carbocycles. The standard InChI is InChI=1S/C38H22O2/c1-2-11-27-26(10-1)25(19-20-28(27)29-14-7-17-36-38(29)31-12-3-4-15-33(31)39-36)24-18-21-34-32(22-24)30-13-5-8-23-9-6-16-35(40-34)37(23)30/h1-22H. The van der Waals surface area contributed by atoms with E-state index in [4.69, 9.17) is 9.15 Å². The summed E-state index contributed by atoms with van der Waals surface area (Å²) in [6.45, 7) is 0. The van der Waals surface area contributed by atoms with Gasteiger partial charge in [-0.2, -0.15) is 0 Å². The van der Waals surface area contributed by atoms with Crippen molar-refractivity contribution in [3.63, 3.8) is 0 Å². The SMILES string of the molecule is c1cc2c3c(cccc3c1)-c1cc(-c3ccc(-c4cccc5oc6ccccc6c45)c4ccccc34)ccc1O2. The van der Waals surface area contributed by atoms with E-state index in [2.05, 4.69) is 121 Å². The maximum Gasteiger partial charge on any atom is 0.136 e. The molecule has 0 bridgehead atoms. The molecule has 2 heteroatoms. The number of furan rings is 1. The van der Waals surface area contributed by atoms with Crippen molar-refractivity contribution in [2.24, 2.45) is 0 Å². The van der Waals surface area contributed by atoms with E-state index in [9.17, 15) is 0 Å². The zero-order valence-corrected chi connectivity index (χ0v) is 21.5. The number of hydrogen-bond acceptors (Lipinski definition) is 2. The quantitative estimate of drug-likeness (QED) is 0.231. The molecule has 9 rings (SSSR count). The molecule has 0 spiro atoms. The van der Waals surface area contributed by atoms with E-state index in [1.165, 1.54) is 49.4 Å². The molecule has 186 valence electrons. The lowest BCUT2D eigenvalue weighted by Gasteiger charge is -2.22. The summed E-state index contributed by atoms with van der Waals surface area (Å²) in [7, 11) is 0. The van der Waals surface area contributed by atoms with Gasteiger partial charge in [0.25, 0.3) is 0 Å². The first-order chi connectivity index (χ1) is 19.8. The van der Waals surface area contributed by atoms with Crippen molar-refractivity contribution in [3.8, 4) is 44.9 Å². The van der Waals surface area contributed by atoms with Gasteiger partial charge < -0.3 is 9.15 Å². The minimum Gasteiger partial charge on any atom is -0.456 e. The van der Waals surface area contributed by atoms with Crippen LogP contribution in [-0.4, -0.2) is 0 Å². The Labute approximate surface area is 230 Å². The van der Waals surface area contributed by atoms with Crippen LogP contribution >= 0.6 is 0 Å². The largest absolute Gasteiger partial charge is 0.456 e. The molecule has 0 unspecified atom stereocenters. The first-order valence-electron chi connectivity index (χ1n) is 13.6. The molecule has 2 heterocycles. The Kier molecular flexibility index (Phi) is 4.36. The van der Waals surface area contributed by atoms with Crippen LogP contribution in [0.4, 0.5) is 0 Å². The van der Waals surface area contributed by atoms with Gasteiger partial charge >= 0.3 is 0 Å². The van der Waals surface area contributed by atoms with Crippen LogP contribution in [-0.2, 0) is 0 Å². The molecule has 0 atom stereocenters. The van der Waals surface area contributed by atoms with E-state index in [0.29, 0.717) is 0 Å². The lowest BCUT2D eigenvalue weighted by atomic mass is 9.88. The van der Waals surface area contributed by atoms with Crippen molar-refractivity contribution in [2.45, 2.75) is 0 Å². The summed E-state index contributed by atoms with van der Waals surface area (Å²) in [5.74, 6) is 1.82. The van der Waals surface area contributed by atoms with E-state index in [1.54, 1.807) is 0 Å². The molecule has 1 aliphatic heterocycles. The number of rotatable bonds is 2. The Bertz CT molecular complexity index is 2300. The number of hydrogen-bond donors (Lipinski definition) is 0. The summed E-state index contributed by atoms with van der Waals surface area (Å²) >= 11 is 0. The lowest BCUT2D eigenvalue weighted by Crippen LogP contribution is -1.97. The van der Waals surface area contributed by atoms with Gasteiger partial charge in [-0.05, 0) is 74.3 Å². The summed E-state index contributed by atoms with van der Waals surface area (Å²) in [5.41, 5.74) is 8.95. The van der Waals surface area contributed by atoms with Crippen molar-refractivity contribution >= 4 is 43.5 Å². The van der Waals surface area contributed by atoms with E-state index < -0.39 is 0 Å². The summed E-state index contributed by atoms with van der Waals surface area (Å²) in [5, 5.41) is 7.12. The third-order valence-electron chi connectivity index (χ3n) is 8.28. The number of fused-ring (bicyclic) bond motifs is 6. The second-order valence-corrected chi connectivity index (χ2v) is 10.5. The lowest BCUT2D eigenvalue weighted by molar-refractivity contribution is 0.487. The van der Waals surface area contributed by atoms with E-state index in [-0.39, 0.29) is 0 Å². The second-order valence-electron chi connectivity index (χ2n) is 10.5. The highest BCUT2D eigenvalue weighted by molar-refractivity contribution is 6.16. The Morgan fingerprint density at radius 1 is 0.375 bits per heavy atom. The average molecular weight is 511 g/mol. The highest BCUT2D eigenvalue weighted by Crippen LogP contribution is 2.48. The first-order valence-corrected chi connectivity index (χ1v) is 13.6. The molecule has 0 amide bonds. The molecule has 2 nitrogen and oxygen atoms in total. The minimum absolute atomic E-state index is 0.898. The highest BCUT2D eigenvalue weighted by Gasteiger charge is 2.21. The van der Waals surface area contributed by atoms with Crippen molar-refractivity contribution in [1.82, 2.24) is 0 Å². The van der Waals surface area contributed by atoms with Gasteiger partial charge in [0.1, 0.15) is 22.7 Å². The summed E-state index contributed by atoms with van der Waals surface area (Å²) in [4.78, 5) is 0. The van der Waals surface area contributed by atoms with Crippen molar-refractivity contribution in [1.29, 1.82) is 0 Å². The monoisotopic (exact) mass is 510 g/mol. The smallest absolute Gasteiger partial charge is 0.136 e. The molecular formula is C38H22O2. The van der Waals surface area contributed by atoms with E-state index in [0.717, 1.165) is 39.0 Å². The molecule has 0 N–H and O–H groups in total. The molecule has 0 saturated carbocycles. The van der Waals surface area contributed by atoms with Crippen LogP contribution in [0.25, 0.3) is 76.9 Å². The fourth-order valence-corrected chi connectivity index (χ4v) is 6.52. The van der Waals surface area contributed by atoms with E-state index >= 15 is 0 Å². The molecule has 0 saturated heterocycles. The zero-order chi connectivity index (χ0) is 26.2. The summed E-state index contributed by atoms with van der Waals surface area (Å²) in [6.07, 6.45) is 0. The molecule has 0 radical (unpaired) electrons. The van der Waals surface area contributed by atoms with Crippen LogP contribution in [0, 0.1) is 0 Å². The highest BCUT2D eigenvalue weighted by atomic mass is 16.5. The Morgan fingerprint density at radius 2 is 1.05 bits per heavy atom. The van der Waals surface area contributed by atoms with Gasteiger partial charge in [-0.3, -0.25) is 0 Å². The molecule has 1 aliphatic rings. The van der Waals surface area contributed by atoms with Crippen molar-refractivity contribution in [3.05, 3.63) is 133 Å². The Hall–Kier alpha value is -5.34. The third-order valence-corrected chi connectivity index (χ3v) is 8.28. The third kappa shape index (κ3) is 2.99. The van der Waals surface area contributed by atoms with Crippen LogP contribution in [0.2, 0.25) is 0 Å². The first kappa shape index (κ1) is 21.6. The molecule has 1 aromatic heterocycles. The minimum atomic E-state index is 0.898. The van der Waals surface area contributed by atoms with Crippen LogP contribution in [0.5, 0.6) is 11.5 Å². The van der Waals surface area contributed by atoms with Crippen LogP contribution in [0.1, 0.15) is 0 Å². The predicted octanol–water partition coefficient (Wildman–Crippen LogP) is 11.0. The van der Waals surface area contributed by atoms with Gasteiger partial charge in [-0.1, -0.05) is 103 Å². The van der Waals surface area contributed by atoms with Crippen molar-refractivity contribution < 1.29 is 9.15 Å². The van der Waals surface area contributed by atoms with Crippen molar-refractivity contribution in [2.75, 3.05) is 0 Å². The van der Waals surface area contributed by atoms with E-state index in [1.807, 2.05) is 12.1 Å². The maximum atomic E-state index is 6.36.